The lowest BCUT2D eigenvalue weighted by Crippen LogP contribution is -2.58. The fraction of sp³-hybridized carbons (Fsp3) is 0.846. The van der Waals surface area contributed by atoms with Crippen molar-refractivity contribution in [1.29, 1.82) is 0 Å². The van der Waals surface area contributed by atoms with Gasteiger partial charge in [0.05, 0.1) is 0 Å². The highest BCUT2D eigenvalue weighted by atomic mass is 16.4. The normalized spacial score (nSPS) is 23.0. The lowest BCUT2D eigenvalue weighted by Gasteiger charge is -2.39. The van der Waals surface area contributed by atoms with Gasteiger partial charge in [-0.05, 0) is 19.4 Å². The maximum Gasteiger partial charge on any atom is 0.326 e. The summed E-state index contributed by atoms with van der Waals surface area (Å²) in [5.74, 6) is -0.997. The molecule has 6 nitrogen and oxygen atoms in total. The number of amides is 2. The number of piperazine rings is 1. The summed E-state index contributed by atoms with van der Waals surface area (Å²) in [7, 11) is 2.02. The molecule has 19 heavy (non-hydrogen) atoms. The van der Waals surface area contributed by atoms with Gasteiger partial charge in [-0.1, -0.05) is 20.8 Å². The third-order valence-corrected chi connectivity index (χ3v) is 3.63. The Hall–Kier alpha value is -1.30. The Morgan fingerprint density at radius 2 is 1.89 bits per heavy atom. The average molecular weight is 271 g/mol. The van der Waals surface area contributed by atoms with Crippen LogP contribution in [0.25, 0.3) is 0 Å². The third-order valence-electron chi connectivity index (χ3n) is 3.63. The Labute approximate surface area is 114 Å². The van der Waals surface area contributed by atoms with Crippen LogP contribution in [0.2, 0.25) is 0 Å². The molecule has 2 atom stereocenters. The van der Waals surface area contributed by atoms with Crippen LogP contribution < -0.4 is 5.32 Å². The number of urea groups is 1. The Bertz CT molecular complexity index is 352. The molecule has 0 saturated carbocycles. The van der Waals surface area contributed by atoms with Crippen molar-refractivity contribution in [3.05, 3.63) is 0 Å². The minimum Gasteiger partial charge on any atom is -0.480 e. The topological polar surface area (TPSA) is 72.9 Å². The van der Waals surface area contributed by atoms with E-state index in [1.165, 1.54) is 0 Å². The lowest BCUT2D eigenvalue weighted by atomic mass is 9.87. The minimum atomic E-state index is -0.997. The monoisotopic (exact) mass is 271 g/mol. The quantitative estimate of drug-likeness (QED) is 0.780. The number of hydrogen-bond donors (Lipinski definition) is 2. The second-order valence-electron chi connectivity index (χ2n) is 6.36. The van der Waals surface area contributed by atoms with Gasteiger partial charge in [0.25, 0.3) is 0 Å². The molecule has 1 rings (SSSR count). The number of nitrogens with zero attached hydrogens (tertiary/aromatic N) is 2. The third kappa shape index (κ3) is 4.09. The molecular weight excluding hydrogens is 246 g/mol. The summed E-state index contributed by atoms with van der Waals surface area (Å²) in [4.78, 5) is 27.3. The first-order valence-corrected chi connectivity index (χ1v) is 6.61. The van der Waals surface area contributed by atoms with Gasteiger partial charge in [-0.3, -0.25) is 0 Å². The van der Waals surface area contributed by atoms with Crippen molar-refractivity contribution in [3.8, 4) is 0 Å². The molecule has 6 heteroatoms. The van der Waals surface area contributed by atoms with Crippen LogP contribution in [0, 0.1) is 5.41 Å². The Morgan fingerprint density at radius 1 is 1.32 bits per heavy atom. The predicted molar refractivity (Wildman–Crippen MR) is 73.1 cm³/mol. The molecule has 0 spiro atoms. The molecule has 1 aliphatic rings. The van der Waals surface area contributed by atoms with Crippen molar-refractivity contribution >= 4 is 12.0 Å². The summed E-state index contributed by atoms with van der Waals surface area (Å²) < 4.78 is 0. The molecule has 0 aromatic carbocycles. The van der Waals surface area contributed by atoms with Gasteiger partial charge >= 0.3 is 12.0 Å². The highest BCUT2D eigenvalue weighted by molar-refractivity contribution is 5.83. The zero-order valence-corrected chi connectivity index (χ0v) is 12.4. The molecule has 0 radical (unpaired) electrons. The molecule has 0 aromatic heterocycles. The van der Waals surface area contributed by atoms with Crippen molar-refractivity contribution in [3.63, 3.8) is 0 Å². The molecule has 2 amide bonds. The number of carbonyl (C=O) groups is 2. The van der Waals surface area contributed by atoms with Gasteiger partial charge < -0.3 is 20.2 Å². The van der Waals surface area contributed by atoms with Gasteiger partial charge in [-0.2, -0.15) is 0 Å². The van der Waals surface area contributed by atoms with Gasteiger partial charge in [0.15, 0.2) is 0 Å². The Balaban J connectivity index is 2.66. The SMILES string of the molecule is CC1CN(C(=O)N[C@H](C(=O)O)C(C)(C)C)CCN1C. The number of rotatable bonds is 2. The molecule has 2 N–H and O–H groups in total. The van der Waals surface area contributed by atoms with Crippen molar-refractivity contribution in [2.75, 3.05) is 26.7 Å². The first kappa shape index (κ1) is 15.8. The van der Waals surface area contributed by atoms with Crippen LogP contribution in [-0.2, 0) is 4.79 Å². The fourth-order valence-electron chi connectivity index (χ4n) is 2.10. The number of likely N-dealkylation sites (N-methyl/N-ethyl adjacent to an activating group) is 1. The molecule has 110 valence electrons. The number of carboxylic acids is 1. The Kier molecular flexibility index (Phi) is 4.79. The second-order valence-corrected chi connectivity index (χ2v) is 6.36. The van der Waals surface area contributed by atoms with E-state index < -0.39 is 17.4 Å². The van der Waals surface area contributed by atoms with Crippen LogP contribution in [0.4, 0.5) is 4.79 Å². The minimum absolute atomic E-state index is 0.289. The van der Waals surface area contributed by atoms with E-state index in [-0.39, 0.29) is 12.1 Å². The van der Waals surface area contributed by atoms with Gasteiger partial charge in [-0.15, -0.1) is 0 Å². The van der Waals surface area contributed by atoms with Crippen LogP contribution in [0.1, 0.15) is 27.7 Å². The van der Waals surface area contributed by atoms with E-state index in [0.717, 1.165) is 6.54 Å². The first-order chi connectivity index (χ1) is 8.62. The van der Waals surface area contributed by atoms with Crippen LogP contribution >= 0.6 is 0 Å². The highest BCUT2D eigenvalue weighted by Crippen LogP contribution is 2.20. The maximum atomic E-state index is 12.1. The molecule has 0 bridgehead atoms. The van der Waals surface area contributed by atoms with Gasteiger partial charge in [0, 0.05) is 25.7 Å². The second kappa shape index (κ2) is 5.77. The molecule has 1 unspecified atom stereocenters. The summed E-state index contributed by atoms with van der Waals surface area (Å²) >= 11 is 0. The highest BCUT2D eigenvalue weighted by Gasteiger charge is 2.34. The fourth-order valence-corrected chi connectivity index (χ4v) is 2.10. The predicted octanol–water partition coefficient (Wildman–Crippen LogP) is 0.831. The van der Waals surface area contributed by atoms with Crippen LogP contribution in [0.15, 0.2) is 0 Å². The molecule has 1 fully saturated rings. The van der Waals surface area contributed by atoms with Crippen molar-refractivity contribution < 1.29 is 14.7 Å². The zero-order valence-electron chi connectivity index (χ0n) is 12.4. The zero-order chi connectivity index (χ0) is 14.8. The van der Waals surface area contributed by atoms with Gasteiger partial charge in [-0.25, -0.2) is 9.59 Å². The largest absolute Gasteiger partial charge is 0.480 e. The summed E-state index contributed by atoms with van der Waals surface area (Å²) in [5, 5.41) is 11.8. The molecule has 1 heterocycles. The summed E-state index contributed by atoms with van der Waals surface area (Å²) in [5.41, 5.74) is -0.514. The summed E-state index contributed by atoms with van der Waals surface area (Å²) in [6, 6.07) is -0.880. The molecule has 0 aliphatic carbocycles. The van der Waals surface area contributed by atoms with E-state index in [4.69, 9.17) is 0 Å². The van der Waals surface area contributed by atoms with Gasteiger partial charge in [0.2, 0.25) is 0 Å². The van der Waals surface area contributed by atoms with E-state index in [1.54, 1.807) is 25.7 Å². The number of nitrogens with one attached hydrogen (secondary N) is 1. The average Bonchev–Trinajstić information content (AvgIpc) is 2.27. The number of carbonyl (C=O) groups excluding carboxylic acids is 1. The standard InChI is InChI=1S/C13H25N3O3/c1-9-8-16(7-6-15(9)5)12(19)14-10(11(17)18)13(2,3)4/h9-10H,6-8H2,1-5H3,(H,14,19)(H,17,18)/t9?,10-/m1/s1. The van der Waals surface area contributed by atoms with E-state index in [2.05, 4.69) is 17.1 Å². The van der Waals surface area contributed by atoms with E-state index in [9.17, 15) is 14.7 Å². The van der Waals surface area contributed by atoms with Crippen LogP contribution in [-0.4, -0.2) is 65.7 Å². The van der Waals surface area contributed by atoms with Crippen molar-refractivity contribution in [1.82, 2.24) is 15.1 Å². The Morgan fingerprint density at radius 3 is 2.32 bits per heavy atom. The summed E-state index contributed by atoms with van der Waals surface area (Å²) in [6.07, 6.45) is 0. The van der Waals surface area contributed by atoms with Crippen LogP contribution in [0.5, 0.6) is 0 Å². The first-order valence-electron chi connectivity index (χ1n) is 6.61. The van der Waals surface area contributed by atoms with Crippen molar-refractivity contribution in [2.24, 2.45) is 5.41 Å². The molecule has 1 saturated heterocycles. The smallest absolute Gasteiger partial charge is 0.326 e. The molecular formula is C13H25N3O3. The van der Waals surface area contributed by atoms with Crippen LogP contribution in [0.3, 0.4) is 0 Å². The lowest BCUT2D eigenvalue weighted by molar-refractivity contribution is -0.142. The van der Waals surface area contributed by atoms with E-state index >= 15 is 0 Å². The molecule has 0 aromatic rings. The summed E-state index contributed by atoms with van der Waals surface area (Å²) in [6.45, 7) is 9.53. The molecule has 1 aliphatic heterocycles. The number of carboxylic acid groups (broad SMARTS) is 1. The number of hydrogen-bond acceptors (Lipinski definition) is 3. The van der Waals surface area contributed by atoms with E-state index in [0.29, 0.717) is 13.1 Å². The van der Waals surface area contributed by atoms with Crippen molar-refractivity contribution in [2.45, 2.75) is 39.8 Å². The maximum absolute atomic E-state index is 12.1. The van der Waals surface area contributed by atoms with E-state index in [1.807, 2.05) is 7.05 Å². The van der Waals surface area contributed by atoms with Gasteiger partial charge in [0.1, 0.15) is 6.04 Å². The number of aliphatic carboxylic acids is 1.